The summed E-state index contributed by atoms with van der Waals surface area (Å²) >= 11 is 0. The maximum atomic E-state index is 9.90. The van der Waals surface area contributed by atoms with Crippen LogP contribution in [-0.2, 0) is 0 Å². The van der Waals surface area contributed by atoms with Gasteiger partial charge in [0.15, 0.2) is 12.8 Å². The normalized spacial score (nSPS) is 19.7. The molecule has 0 spiro atoms. The van der Waals surface area contributed by atoms with Crippen LogP contribution in [-0.4, -0.2) is 47.5 Å². The van der Waals surface area contributed by atoms with Crippen LogP contribution in [0.4, 0.5) is 0 Å². The number of aliphatic hydroxyl groups is 1. The lowest BCUT2D eigenvalue weighted by Crippen LogP contribution is -2.32. The van der Waals surface area contributed by atoms with Gasteiger partial charge in [0.25, 0.3) is 0 Å². The zero-order chi connectivity index (χ0) is 13.0. The molecule has 0 fully saturated rings. The number of nitrogens with zero attached hydrogens (tertiary/aromatic N) is 2. The highest BCUT2D eigenvalue weighted by molar-refractivity contribution is 6.14. The molecule has 0 aromatic heterocycles. The molecular formula is C14H19N2O2+. The van der Waals surface area contributed by atoms with Crippen LogP contribution in [0.1, 0.15) is 12.5 Å². The molecule has 2 atom stereocenters. The third kappa shape index (κ3) is 3.40. The van der Waals surface area contributed by atoms with Crippen molar-refractivity contribution in [1.29, 1.82) is 0 Å². The van der Waals surface area contributed by atoms with Crippen LogP contribution in [0.5, 0.6) is 5.75 Å². The lowest BCUT2D eigenvalue weighted by Gasteiger charge is -2.12. The van der Waals surface area contributed by atoms with E-state index in [4.69, 9.17) is 4.74 Å². The second kappa shape index (κ2) is 5.78. The number of hydrogen-bond donors (Lipinski definition) is 1. The van der Waals surface area contributed by atoms with Crippen molar-refractivity contribution in [2.45, 2.75) is 26.1 Å². The molecule has 1 aliphatic heterocycles. The smallest absolute Gasteiger partial charge is 0.242 e. The van der Waals surface area contributed by atoms with Crippen molar-refractivity contribution < 1.29 is 14.4 Å². The summed E-state index contributed by atoms with van der Waals surface area (Å²) in [7, 11) is 0. The third-order valence-corrected chi connectivity index (χ3v) is 2.92. The molecule has 4 heteroatoms. The van der Waals surface area contributed by atoms with Crippen molar-refractivity contribution in [3.63, 3.8) is 0 Å². The van der Waals surface area contributed by atoms with Crippen LogP contribution in [0.3, 0.4) is 0 Å². The minimum atomic E-state index is -0.522. The molecule has 1 aliphatic rings. The molecule has 0 bridgehead atoms. The van der Waals surface area contributed by atoms with E-state index >= 15 is 0 Å². The molecule has 18 heavy (non-hydrogen) atoms. The highest BCUT2D eigenvalue weighted by atomic mass is 16.5. The Kier molecular flexibility index (Phi) is 4.10. The van der Waals surface area contributed by atoms with Gasteiger partial charge < -0.3 is 9.84 Å². The van der Waals surface area contributed by atoms with Crippen LogP contribution in [0.15, 0.2) is 29.3 Å². The fourth-order valence-corrected chi connectivity index (χ4v) is 1.80. The first-order chi connectivity index (χ1) is 8.65. The Labute approximate surface area is 107 Å². The quantitative estimate of drug-likeness (QED) is 0.796. The Balaban J connectivity index is 1.78. The summed E-state index contributed by atoms with van der Waals surface area (Å²) in [5.41, 5.74) is 1.19. The van der Waals surface area contributed by atoms with Crippen molar-refractivity contribution in [2.75, 3.05) is 13.2 Å². The second-order valence-corrected chi connectivity index (χ2v) is 4.55. The van der Waals surface area contributed by atoms with Gasteiger partial charge >= 0.3 is 0 Å². The summed E-state index contributed by atoms with van der Waals surface area (Å²) in [4.78, 5) is 4.19. The third-order valence-electron chi connectivity index (χ3n) is 2.92. The molecule has 1 heterocycles. The molecule has 0 amide bonds. The Hall–Kier alpha value is -1.68. The number of hydrogen-bond acceptors (Lipinski definition) is 3. The van der Waals surface area contributed by atoms with Gasteiger partial charge in [0.2, 0.25) is 6.17 Å². The number of aliphatic hydroxyl groups excluding tert-OH is 1. The van der Waals surface area contributed by atoms with E-state index in [1.54, 1.807) is 6.21 Å². The van der Waals surface area contributed by atoms with Gasteiger partial charge in [0.1, 0.15) is 18.5 Å². The SMILES string of the molecule is Cc1ccc(OCC(O)C[N+]2=CC=NC2C)cc1. The Morgan fingerprint density at radius 1 is 1.39 bits per heavy atom. The zero-order valence-electron chi connectivity index (χ0n) is 10.8. The van der Waals surface area contributed by atoms with E-state index in [0.29, 0.717) is 13.2 Å². The lowest BCUT2D eigenvalue weighted by atomic mass is 10.2. The first-order valence-corrected chi connectivity index (χ1v) is 6.15. The van der Waals surface area contributed by atoms with E-state index < -0.39 is 6.10 Å². The predicted molar refractivity (Wildman–Crippen MR) is 71.8 cm³/mol. The molecule has 1 aromatic rings. The van der Waals surface area contributed by atoms with Crippen LogP contribution in [0.25, 0.3) is 0 Å². The van der Waals surface area contributed by atoms with Gasteiger partial charge in [-0.25, -0.2) is 9.57 Å². The highest BCUT2D eigenvalue weighted by Gasteiger charge is 2.21. The van der Waals surface area contributed by atoms with Gasteiger partial charge in [-0.3, -0.25) is 0 Å². The molecule has 96 valence electrons. The molecule has 1 N–H and O–H groups in total. The van der Waals surface area contributed by atoms with Crippen molar-refractivity contribution in [3.8, 4) is 5.75 Å². The summed E-state index contributed by atoms with van der Waals surface area (Å²) in [6.45, 7) is 4.85. The molecule has 0 saturated carbocycles. The van der Waals surface area contributed by atoms with Gasteiger partial charge in [-0.05, 0) is 19.1 Å². The van der Waals surface area contributed by atoms with Crippen molar-refractivity contribution in [2.24, 2.45) is 4.99 Å². The number of benzene rings is 1. The van der Waals surface area contributed by atoms with Crippen LogP contribution < -0.4 is 4.74 Å². The van der Waals surface area contributed by atoms with E-state index in [0.717, 1.165) is 5.75 Å². The standard InChI is InChI=1S/C14H19N2O2/c1-11-3-5-14(6-4-11)18-10-13(17)9-16-8-7-15-12(16)2/h3-8,12-13,17H,9-10H2,1-2H3/q+1. The first-order valence-electron chi connectivity index (χ1n) is 6.15. The van der Waals surface area contributed by atoms with Crippen molar-refractivity contribution in [3.05, 3.63) is 29.8 Å². The Morgan fingerprint density at radius 3 is 2.72 bits per heavy atom. The molecule has 2 rings (SSSR count). The topological polar surface area (TPSA) is 44.8 Å². The fourth-order valence-electron chi connectivity index (χ4n) is 1.80. The zero-order valence-corrected chi connectivity index (χ0v) is 10.8. The van der Waals surface area contributed by atoms with Gasteiger partial charge in [-0.15, -0.1) is 0 Å². The summed E-state index contributed by atoms with van der Waals surface area (Å²) in [6.07, 6.45) is 3.24. The van der Waals surface area contributed by atoms with Gasteiger partial charge in [0, 0.05) is 6.92 Å². The molecule has 0 aliphatic carbocycles. The van der Waals surface area contributed by atoms with Crippen molar-refractivity contribution >= 4 is 12.4 Å². The fraction of sp³-hybridized carbons (Fsp3) is 0.429. The number of rotatable bonds is 5. The summed E-state index contributed by atoms with van der Waals surface area (Å²) in [5.74, 6) is 0.786. The Bertz CT molecular complexity index is 451. The van der Waals surface area contributed by atoms with E-state index in [-0.39, 0.29) is 6.17 Å². The van der Waals surface area contributed by atoms with E-state index in [9.17, 15) is 5.11 Å². The minimum absolute atomic E-state index is 0.110. The molecular weight excluding hydrogens is 228 g/mol. The molecule has 0 saturated heterocycles. The maximum absolute atomic E-state index is 9.90. The molecule has 4 nitrogen and oxygen atoms in total. The average molecular weight is 247 g/mol. The van der Waals surface area contributed by atoms with Gasteiger partial charge in [0.05, 0.1) is 6.21 Å². The number of β-amino-alcohol motifs (C(OH)–C–C–N with tert-alkyl or cyclic N) is 1. The van der Waals surface area contributed by atoms with Gasteiger partial charge in [-0.1, -0.05) is 17.7 Å². The predicted octanol–water partition coefficient (Wildman–Crippen LogP) is 1.25. The molecule has 2 unspecified atom stereocenters. The van der Waals surface area contributed by atoms with Gasteiger partial charge in [-0.2, -0.15) is 0 Å². The van der Waals surface area contributed by atoms with Crippen LogP contribution >= 0.6 is 0 Å². The molecule has 1 aromatic carbocycles. The van der Waals surface area contributed by atoms with E-state index in [2.05, 4.69) is 4.99 Å². The monoisotopic (exact) mass is 247 g/mol. The summed E-state index contributed by atoms with van der Waals surface area (Å²) < 4.78 is 7.53. The number of aliphatic imine (C=N–C) groups is 1. The number of aryl methyl sites for hydroxylation is 1. The lowest BCUT2D eigenvalue weighted by molar-refractivity contribution is -0.559. The first kappa shape index (κ1) is 12.8. The van der Waals surface area contributed by atoms with E-state index in [1.165, 1.54) is 5.56 Å². The second-order valence-electron chi connectivity index (χ2n) is 4.55. The van der Waals surface area contributed by atoms with Crippen LogP contribution in [0.2, 0.25) is 0 Å². The van der Waals surface area contributed by atoms with E-state index in [1.807, 2.05) is 48.9 Å². The summed E-state index contributed by atoms with van der Waals surface area (Å²) in [5, 5.41) is 9.90. The maximum Gasteiger partial charge on any atom is 0.242 e. The van der Waals surface area contributed by atoms with Crippen LogP contribution in [0, 0.1) is 6.92 Å². The average Bonchev–Trinajstić information content (AvgIpc) is 2.74. The largest absolute Gasteiger partial charge is 0.491 e. The number of ether oxygens (including phenoxy) is 1. The highest BCUT2D eigenvalue weighted by Crippen LogP contribution is 2.11. The van der Waals surface area contributed by atoms with Crippen molar-refractivity contribution in [1.82, 2.24) is 0 Å². The molecule has 0 radical (unpaired) electrons. The summed E-state index contributed by atoms with van der Waals surface area (Å²) in [6, 6.07) is 7.81. The Morgan fingerprint density at radius 2 is 2.11 bits per heavy atom. The minimum Gasteiger partial charge on any atom is -0.491 e.